The molecule has 1 aromatic carbocycles. The molecule has 1 atom stereocenters. The second kappa shape index (κ2) is 4.12. The molecule has 1 unspecified atom stereocenters. The van der Waals surface area contributed by atoms with Crippen molar-refractivity contribution in [3.63, 3.8) is 0 Å². The summed E-state index contributed by atoms with van der Waals surface area (Å²) in [5, 5.41) is 8.81. The number of phenolic OH excluding ortho intramolecular Hbond substituents is 1. The molecule has 1 aliphatic heterocycles. The predicted molar refractivity (Wildman–Crippen MR) is 48.3 cm³/mol. The molecule has 0 aromatic heterocycles. The van der Waals surface area contributed by atoms with Crippen LogP contribution in [0.5, 0.6) is 5.75 Å². The molecule has 2 nitrogen and oxygen atoms in total. The lowest BCUT2D eigenvalue weighted by molar-refractivity contribution is 0.423. The van der Waals surface area contributed by atoms with Gasteiger partial charge in [-0.25, -0.2) is 0 Å². The molecule has 66 valence electrons. The quantitative estimate of drug-likeness (QED) is 0.599. The number of hydrogen-bond acceptors (Lipinski definition) is 2. The SMILES string of the molecule is CC1CO1.Cc1cccc(O)c1. The fourth-order valence-electron chi connectivity index (χ4n) is 0.724. The Kier molecular flexibility index (Phi) is 3.11. The Morgan fingerprint density at radius 1 is 1.50 bits per heavy atom. The number of phenols is 1. The zero-order valence-electron chi connectivity index (χ0n) is 7.45. The van der Waals surface area contributed by atoms with E-state index in [9.17, 15) is 0 Å². The Bertz CT molecular complexity index is 224. The van der Waals surface area contributed by atoms with Crippen LogP contribution in [0.25, 0.3) is 0 Å². The van der Waals surface area contributed by atoms with Crippen molar-refractivity contribution >= 4 is 0 Å². The lowest BCUT2D eigenvalue weighted by atomic mass is 10.2. The van der Waals surface area contributed by atoms with E-state index in [0.717, 1.165) is 12.2 Å². The molecule has 2 rings (SSSR count). The molecule has 1 N–H and O–H groups in total. The van der Waals surface area contributed by atoms with E-state index in [1.165, 1.54) is 0 Å². The van der Waals surface area contributed by atoms with Gasteiger partial charge in [0.2, 0.25) is 0 Å². The predicted octanol–water partition coefficient (Wildman–Crippen LogP) is 2.11. The van der Waals surface area contributed by atoms with E-state index in [-0.39, 0.29) is 0 Å². The first kappa shape index (κ1) is 9.07. The fraction of sp³-hybridized carbons (Fsp3) is 0.400. The summed E-state index contributed by atoms with van der Waals surface area (Å²) in [5.41, 5.74) is 1.09. The molecule has 12 heavy (non-hydrogen) atoms. The molecule has 0 bridgehead atoms. The molecule has 0 amide bonds. The van der Waals surface area contributed by atoms with Crippen molar-refractivity contribution in [1.29, 1.82) is 0 Å². The molecule has 0 radical (unpaired) electrons. The second-order valence-corrected chi connectivity index (χ2v) is 2.98. The average Bonchev–Trinajstić information content (AvgIpc) is 2.72. The highest BCUT2D eigenvalue weighted by Gasteiger charge is 2.13. The topological polar surface area (TPSA) is 32.8 Å². The highest BCUT2D eigenvalue weighted by molar-refractivity contribution is 5.25. The van der Waals surface area contributed by atoms with E-state index in [0.29, 0.717) is 11.9 Å². The molecule has 1 aromatic rings. The van der Waals surface area contributed by atoms with Gasteiger partial charge < -0.3 is 9.84 Å². The summed E-state index contributed by atoms with van der Waals surface area (Å²) in [6.45, 7) is 4.99. The van der Waals surface area contributed by atoms with Crippen LogP contribution in [0.1, 0.15) is 12.5 Å². The van der Waals surface area contributed by atoms with Gasteiger partial charge in [-0.3, -0.25) is 0 Å². The Morgan fingerprint density at radius 3 is 2.33 bits per heavy atom. The van der Waals surface area contributed by atoms with Gasteiger partial charge in [0.1, 0.15) is 5.75 Å². The van der Waals surface area contributed by atoms with Gasteiger partial charge in [0.25, 0.3) is 0 Å². The Balaban J connectivity index is 0.000000150. The minimum atomic E-state index is 0.338. The third kappa shape index (κ3) is 3.98. The van der Waals surface area contributed by atoms with E-state index in [1.807, 2.05) is 19.1 Å². The first-order chi connectivity index (χ1) is 5.68. The summed E-state index contributed by atoms with van der Waals surface area (Å²) in [4.78, 5) is 0. The number of benzene rings is 1. The molecular formula is C10H14O2. The Hall–Kier alpha value is -1.02. The maximum Gasteiger partial charge on any atom is 0.115 e. The second-order valence-electron chi connectivity index (χ2n) is 2.98. The number of rotatable bonds is 0. The Morgan fingerprint density at radius 2 is 2.08 bits per heavy atom. The summed E-state index contributed by atoms with van der Waals surface area (Å²) in [5.74, 6) is 0.338. The van der Waals surface area contributed by atoms with Crippen LogP contribution < -0.4 is 0 Å². The molecule has 0 spiro atoms. The number of aromatic hydroxyl groups is 1. The minimum Gasteiger partial charge on any atom is -0.508 e. The molecule has 2 heteroatoms. The van der Waals surface area contributed by atoms with Crippen molar-refractivity contribution in [2.45, 2.75) is 20.0 Å². The summed E-state index contributed by atoms with van der Waals surface area (Å²) in [7, 11) is 0. The van der Waals surface area contributed by atoms with Gasteiger partial charge >= 0.3 is 0 Å². The van der Waals surface area contributed by atoms with Crippen molar-refractivity contribution in [3.8, 4) is 5.75 Å². The molecule has 1 saturated heterocycles. The molecule has 1 heterocycles. The largest absolute Gasteiger partial charge is 0.508 e. The summed E-state index contributed by atoms with van der Waals surface area (Å²) in [6, 6.07) is 7.15. The third-order valence-electron chi connectivity index (χ3n) is 1.50. The Labute approximate surface area is 72.8 Å². The highest BCUT2D eigenvalue weighted by Crippen LogP contribution is 2.08. The van der Waals surface area contributed by atoms with Gasteiger partial charge in [0.05, 0.1) is 12.7 Å². The minimum absolute atomic E-state index is 0.338. The van der Waals surface area contributed by atoms with Crippen molar-refractivity contribution < 1.29 is 9.84 Å². The van der Waals surface area contributed by atoms with Gasteiger partial charge in [-0.2, -0.15) is 0 Å². The van der Waals surface area contributed by atoms with E-state index >= 15 is 0 Å². The first-order valence-electron chi connectivity index (χ1n) is 4.05. The van der Waals surface area contributed by atoms with Crippen LogP contribution in [-0.4, -0.2) is 17.8 Å². The zero-order valence-corrected chi connectivity index (χ0v) is 7.45. The van der Waals surface area contributed by atoms with Crippen molar-refractivity contribution in [1.82, 2.24) is 0 Å². The van der Waals surface area contributed by atoms with Crippen LogP contribution in [0.2, 0.25) is 0 Å². The van der Waals surface area contributed by atoms with E-state index in [2.05, 4.69) is 6.92 Å². The number of epoxide rings is 1. The van der Waals surface area contributed by atoms with Crippen molar-refractivity contribution in [3.05, 3.63) is 29.8 Å². The summed E-state index contributed by atoms with van der Waals surface area (Å²) < 4.78 is 4.71. The number of ether oxygens (including phenoxy) is 1. The maximum atomic E-state index is 8.81. The van der Waals surface area contributed by atoms with Crippen molar-refractivity contribution in [2.24, 2.45) is 0 Å². The fourth-order valence-corrected chi connectivity index (χ4v) is 0.724. The lowest BCUT2D eigenvalue weighted by Crippen LogP contribution is -1.66. The average molecular weight is 166 g/mol. The van der Waals surface area contributed by atoms with Gasteiger partial charge in [0, 0.05) is 0 Å². The summed E-state index contributed by atoms with van der Waals surface area (Å²) in [6.07, 6.45) is 0.583. The monoisotopic (exact) mass is 166 g/mol. The van der Waals surface area contributed by atoms with Gasteiger partial charge in [-0.1, -0.05) is 12.1 Å². The van der Waals surface area contributed by atoms with Crippen LogP contribution in [-0.2, 0) is 4.74 Å². The van der Waals surface area contributed by atoms with E-state index in [1.54, 1.807) is 12.1 Å². The molecule has 0 aliphatic carbocycles. The first-order valence-corrected chi connectivity index (χ1v) is 4.05. The van der Waals surface area contributed by atoms with Crippen LogP contribution in [0.3, 0.4) is 0 Å². The third-order valence-corrected chi connectivity index (χ3v) is 1.50. The van der Waals surface area contributed by atoms with Gasteiger partial charge in [0.15, 0.2) is 0 Å². The van der Waals surface area contributed by atoms with Crippen LogP contribution in [0, 0.1) is 6.92 Å². The molecule has 1 aliphatic rings. The van der Waals surface area contributed by atoms with Gasteiger partial charge in [-0.05, 0) is 31.5 Å². The summed E-state index contributed by atoms with van der Waals surface area (Å²) >= 11 is 0. The number of hydrogen-bond donors (Lipinski definition) is 1. The van der Waals surface area contributed by atoms with Crippen molar-refractivity contribution in [2.75, 3.05) is 6.61 Å². The van der Waals surface area contributed by atoms with Crippen LogP contribution in [0.4, 0.5) is 0 Å². The van der Waals surface area contributed by atoms with Gasteiger partial charge in [-0.15, -0.1) is 0 Å². The number of aryl methyl sites for hydroxylation is 1. The normalized spacial score (nSPS) is 19.3. The van der Waals surface area contributed by atoms with E-state index in [4.69, 9.17) is 9.84 Å². The smallest absolute Gasteiger partial charge is 0.115 e. The standard InChI is InChI=1S/C7H8O.C3H6O/c1-6-3-2-4-7(8)5-6;1-3-2-4-3/h2-5,8H,1H3;3H,2H2,1H3. The van der Waals surface area contributed by atoms with Crippen LogP contribution in [0.15, 0.2) is 24.3 Å². The zero-order chi connectivity index (χ0) is 8.97. The van der Waals surface area contributed by atoms with E-state index < -0.39 is 0 Å². The highest BCUT2D eigenvalue weighted by atomic mass is 16.6. The lowest BCUT2D eigenvalue weighted by Gasteiger charge is -1.89. The van der Waals surface area contributed by atoms with Crippen LogP contribution >= 0.6 is 0 Å². The maximum absolute atomic E-state index is 8.81. The molecule has 0 saturated carbocycles. The molecular weight excluding hydrogens is 152 g/mol. The molecule has 1 fully saturated rings.